The van der Waals surface area contributed by atoms with Crippen molar-refractivity contribution in [1.29, 1.82) is 0 Å². The molecule has 0 N–H and O–H groups in total. The maximum atomic E-state index is 5.39. The fourth-order valence-corrected chi connectivity index (χ4v) is 3.98. The van der Waals surface area contributed by atoms with Crippen LogP contribution in [0.15, 0.2) is 35.7 Å². The number of benzene rings is 1. The molecule has 0 aliphatic carbocycles. The van der Waals surface area contributed by atoms with E-state index < -0.39 is 0 Å². The van der Waals surface area contributed by atoms with E-state index in [-0.39, 0.29) is 0 Å². The van der Waals surface area contributed by atoms with Crippen LogP contribution in [0.3, 0.4) is 0 Å². The quantitative estimate of drug-likeness (QED) is 0.688. The summed E-state index contributed by atoms with van der Waals surface area (Å²) in [5.74, 6) is 1.45. The van der Waals surface area contributed by atoms with E-state index in [0.29, 0.717) is 0 Å². The molecular formula is C16H15NO2S2. The molecule has 21 heavy (non-hydrogen) atoms. The molecule has 5 heteroatoms. The highest BCUT2D eigenvalue weighted by molar-refractivity contribution is 7.21. The fourth-order valence-electron chi connectivity index (χ4n) is 2.18. The van der Waals surface area contributed by atoms with E-state index in [9.17, 15) is 0 Å². The predicted molar refractivity (Wildman–Crippen MR) is 88.7 cm³/mol. The minimum Gasteiger partial charge on any atom is -0.493 e. The summed E-state index contributed by atoms with van der Waals surface area (Å²) >= 11 is 3.45. The first-order valence-electron chi connectivity index (χ1n) is 6.46. The molecule has 1 aromatic carbocycles. The number of methoxy groups -OCH3 is 2. The van der Waals surface area contributed by atoms with Gasteiger partial charge in [0.05, 0.1) is 29.8 Å². The van der Waals surface area contributed by atoms with Crippen LogP contribution in [-0.4, -0.2) is 19.2 Å². The Hall–Kier alpha value is -1.85. The highest BCUT2D eigenvalue weighted by Gasteiger charge is 2.16. The van der Waals surface area contributed by atoms with Crippen molar-refractivity contribution < 1.29 is 9.47 Å². The topological polar surface area (TPSA) is 31.4 Å². The molecule has 0 saturated heterocycles. The molecule has 108 valence electrons. The Morgan fingerprint density at radius 3 is 2.52 bits per heavy atom. The minimum absolute atomic E-state index is 0.720. The number of thiophene rings is 1. The number of ether oxygens (including phenoxy) is 2. The number of aromatic nitrogens is 1. The molecule has 2 aromatic heterocycles. The van der Waals surface area contributed by atoms with Crippen LogP contribution in [0.5, 0.6) is 11.5 Å². The van der Waals surface area contributed by atoms with Gasteiger partial charge in [-0.1, -0.05) is 6.07 Å². The van der Waals surface area contributed by atoms with E-state index >= 15 is 0 Å². The monoisotopic (exact) mass is 317 g/mol. The van der Waals surface area contributed by atoms with Gasteiger partial charge >= 0.3 is 0 Å². The van der Waals surface area contributed by atoms with E-state index in [2.05, 4.69) is 17.5 Å². The van der Waals surface area contributed by atoms with Crippen molar-refractivity contribution in [2.24, 2.45) is 0 Å². The van der Waals surface area contributed by atoms with Crippen LogP contribution >= 0.6 is 22.7 Å². The molecule has 0 spiro atoms. The molecule has 3 nitrogen and oxygen atoms in total. The number of rotatable bonds is 4. The van der Waals surface area contributed by atoms with Crippen molar-refractivity contribution in [2.75, 3.05) is 14.2 Å². The number of thiazole rings is 1. The fraction of sp³-hybridized carbons (Fsp3) is 0.188. The average molecular weight is 317 g/mol. The Balaban J connectivity index is 2.13. The Morgan fingerprint density at radius 1 is 1.05 bits per heavy atom. The van der Waals surface area contributed by atoms with Crippen LogP contribution in [0.1, 0.15) is 5.01 Å². The van der Waals surface area contributed by atoms with E-state index in [1.807, 2.05) is 25.1 Å². The van der Waals surface area contributed by atoms with Crippen molar-refractivity contribution in [3.63, 3.8) is 0 Å². The summed E-state index contributed by atoms with van der Waals surface area (Å²) in [7, 11) is 3.29. The standard InChI is InChI=1S/C16H15NO2S2/c1-10-17-15(16(21-10)14-5-4-8-20-14)11-6-7-12(18-2)13(9-11)19-3/h4-9H,1-3H3. The summed E-state index contributed by atoms with van der Waals surface area (Å²) in [4.78, 5) is 7.14. The molecule has 0 unspecified atom stereocenters. The van der Waals surface area contributed by atoms with Gasteiger partial charge in [-0.05, 0) is 36.6 Å². The van der Waals surface area contributed by atoms with Gasteiger partial charge in [0.15, 0.2) is 11.5 Å². The van der Waals surface area contributed by atoms with Crippen molar-refractivity contribution in [3.05, 3.63) is 40.7 Å². The molecule has 3 rings (SSSR count). The van der Waals surface area contributed by atoms with E-state index in [1.54, 1.807) is 36.9 Å². The third kappa shape index (κ3) is 2.66. The molecule has 3 aromatic rings. The summed E-state index contributed by atoms with van der Waals surface area (Å²) in [5.41, 5.74) is 2.04. The summed E-state index contributed by atoms with van der Waals surface area (Å²) in [6.45, 7) is 2.03. The lowest BCUT2D eigenvalue weighted by molar-refractivity contribution is 0.355. The molecule has 0 radical (unpaired) electrons. The zero-order valence-corrected chi connectivity index (χ0v) is 13.7. The van der Waals surface area contributed by atoms with Gasteiger partial charge < -0.3 is 9.47 Å². The van der Waals surface area contributed by atoms with Crippen molar-refractivity contribution in [2.45, 2.75) is 6.92 Å². The largest absolute Gasteiger partial charge is 0.493 e. The molecule has 0 fully saturated rings. The predicted octanol–water partition coefficient (Wildman–Crippen LogP) is 4.86. The zero-order chi connectivity index (χ0) is 14.8. The van der Waals surface area contributed by atoms with Crippen LogP contribution in [0, 0.1) is 6.92 Å². The highest BCUT2D eigenvalue weighted by Crippen LogP contribution is 2.41. The van der Waals surface area contributed by atoms with E-state index in [0.717, 1.165) is 27.8 Å². The number of nitrogens with zero attached hydrogens (tertiary/aromatic N) is 1. The molecule has 0 atom stereocenters. The van der Waals surface area contributed by atoms with Gasteiger partial charge in [0.2, 0.25) is 0 Å². The van der Waals surface area contributed by atoms with Crippen molar-refractivity contribution >= 4 is 22.7 Å². The van der Waals surface area contributed by atoms with Gasteiger partial charge in [0.1, 0.15) is 0 Å². The lowest BCUT2D eigenvalue weighted by Gasteiger charge is -2.09. The number of hydrogen-bond acceptors (Lipinski definition) is 5. The summed E-state index contributed by atoms with van der Waals surface area (Å²) < 4.78 is 10.7. The molecular weight excluding hydrogens is 302 g/mol. The lowest BCUT2D eigenvalue weighted by atomic mass is 10.1. The lowest BCUT2D eigenvalue weighted by Crippen LogP contribution is -1.91. The van der Waals surface area contributed by atoms with E-state index in [4.69, 9.17) is 14.5 Å². The Labute approximate surface area is 131 Å². The highest BCUT2D eigenvalue weighted by atomic mass is 32.1. The molecule has 0 bridgehead atoms. The smallest absolute Gasteiger partial charge is 0.161 e. The SMILES string of the molecule is COc1ccc(-c2nc(C)sc2-c2cccs2)cc1OC. The molecule has 2 heterocycles. The normalized spacial score (nSPS) is 10.6. The van der Waals surface area contributed by atoms with E-state index in [1.165, 1.54) is 9.75 Å². The maximum Gasteiger partial charge on any atom is 0.161 e. The Bertz CT molecular complexity index is 748. The number of hydrogen-bond donors (Lipinski definition) is 0. The van der Waals surface area contributed by atoms with Crippen LogP contribution in [-0.2, 0) is 0 Å². The summed E-state index contributed by atoms with van der Waals surface area (Å²) in [5, 5.41) is 3.14. The second kappa shape index (κ2) is 5.87. The second-order valence-corrected chi connectivity index (χ2v) is 6.61. The van der Waals surface area contributed by atoms with Gasteiger partial charge in [0.25, 0.3) is 0 Å². The molecule has 0 amide bonds. The van der Waals surface area contributed by atoms with Gasteiger partial charge in [-0.15, -0.1) is 22.7 Å². The van der Waals surface area contributed by atoms with Crippen molar-refractivity contribution in [1.82, 2.24) is 4.98 Å². The van der Waals surface area contributed by atoms with Gasteiger partial charge in [-0.3, -0.25) is 0 Å². The number of aryl methyl sites for hydroxylation is 1. The molecule has 0 aliphatic rings. The first-order valence-corrected chi connectivity index (χ1v) is 8.16. The van der Waals surface area contributed by atoms with Crippen molar-refractivity contribution in [3.8, 4) is 32.5 Å². The van der Waals surface area contributed by atoms with Crippen LogP contribution in [0.25, 0.3) is 21.0 Å². The Morgan fingerprint density at radius 2 is 1.86 bits per heavy atom. The first-order chi connectivity index (χ1) is 10.2. The third-order valence-corrected chi connectivity index (χ3v) is 5.16. The summed E-state index contributed by atoms with van der Waals surface area (Å²) in [6.07, 6.45) is 0. The van der Waals surface area contributed by atoms with Gasteiger partial charge in [-0.2, -0.15) is 0 Å². The summed E-state index contributed by atoms with van der Waals surface area (Å²) in [6, 6.07) is 10.1. The Kier molecular flexibility index (Phi) is 3.94. The maximum absolute atomic E-state index is 5.39. The minimum atomic E-state index is 0.720. The van der Waals surface area contributed by atoms with Crippen LogP contribution in [0.2, 0.25) is 0 Å². The average Bonchev–Trinajstić information content (AvgIpc) is 3.15. The second-order valence-electron chi connectivity index (χ2n) is 4.46. The van der Waals surface area contributed by atoms with Crippen LogP contribution < -0.4 is 9.47 Å². The van der Waals surface area contributed by atoms with Crippen LogP contribution in [0.4, 0.5) is 0 Å². The first kappa shape index (κ1) is 14.1. The zero-order valence-electron chi connectivity index (χ0n) is 12.0. The van der Waals surface area contributed by atoms with Gasteiger partial charge in [-0.25, -0.2) is 4.98 Å². The molecule has 0 saturated carbocycles. The van der Waals surface area contributed by atoms with Gasteiger partial charge in [0, 0.05) is 10.4 Å². The molecule has 0 aliphatic heterocycles. The third-order valence-electron chi connectivity index (χ3n) is 3.14.